The van der Waals surface area contributed by atoms with Crippen LogP contribution in [0, 0.1) is 12.7 Å². The highest BCUT2D eigenvalue weighted by Crippen LogP contribution is 2.32. The van der Waals surface area contributed by atoms with Crippen molar-refractivity contribution in [3.8, 4) is 22.6 Å². The summed E-state index contributed by atoms with van der Waals surface area (Å²) in [7, 11) is 0. The summed E-state index contributed by atoms with van der Waals surface area (Å²) in [5, 5.41) is 18.8. The molecule has 2 aromatic carbocycles. The Kier molecular flexibility index (Phi) is 2.90. The summed E-state index contributed by atoms with van der Waals surface area (Å²) >= 11 is 0. The molecular formula is C16H11FO4. The monoisotopic (exact) mass is 286 g/mol. The Morgan fingerprint density at radius 3 is 2.38 bits per heavy atom. The van der Waals surface area contributed by atoms with Gasteiger partial charge in [-0.2, -0.15) is 0 Å². The summed E-state index contributed by atoms with van der Waals surface area (Å²) in [5.74, 6) is -1.27. The molecule has 0 fully saturated rings. The molecular weight excluding hydrogens is 275 g/mol. The zero-order chi connectivity index (χ0) is 15.1. The molecule has 0 unspecified atom stereocenters. The maximum Gasteiger partial charge on any atom is 0.344 e. The van der Waals surface area contributed by atoms with Crippen molar-refractivity contribution in [2.45, 2.75) is 6.92 Å². The van der Waals surface area contributed by atoms with Gasteiger partial charge in [-0.15, -0.1) is 0 Å². The molecule has 21 heavy (non-hydrogen) atoms. The molecule has 0 aliphatic heterocycles. The van der Waals surface area contributed by atoms with Crippen molar-refractivity contribution in [3.05, 3.63) is 58.2 Å². The number of aromatic hydroxyl groups is 2. The lowest BCUT2D eigenvalue weighted by molar-refractivity contribution is 0.434. The molecule has 0 radical (unpaired) electrons. The molecule has 2 N–H and O–H groups in total. The molecule has 0 saturated carbocycles. The van der Waals surface area contributed by atoms with E-state index in [1.54, 1.807) is 19.1 Å². The van der Waals surface area contributed by atoms with Crippen LogP contribution in [0.5, 0.6) is 11.5 Å². The molecule has 0 aliphatic rings. The quantitative estimate of drug-likeness (QED) is 0.673. The summed E-state index contributed by atoms with van der Waals surface area (Å²) in [5.41, 5.74) is 0.558. The standard InChI is InChI=1S/C16H11FO4/c1-8-13(9-2-4-10(18)5-3-9)16(20)21-12-7-6-11(19)15(17)14(8)12/h2-7,18-19H,1H3. The summed E-state index contributed by atoms with van der Waals surface area (Å²) in [4.78, 5) is 12.1. The summed E-state index contributed by atoms with van der Waals surface area (Å²) in [6.07, 6.45) is 0. The number of benzene rings is 2. The minimum Gasteiger partial charge on any atom is -0.508 e. The van der Waals surface area contributed by atoms with Crippen LogP contribution in [0.2, 0.25) is 0 Å². The van der Waals surface area contributed by atoms with E-state index in [-0.39, 0.29) is 22.3 Å². The fraction of sp³-hybridized carbons (Fsp3) is 0.0625. The van der Waals surface area contributed by atoms with Gasteiger partial charge in [0.25, 0.3) is 0 Å². The lowest BCUT2D eigenvalue weighted by Gasteiger charge is -2.09. The SMILES string of the molecule is Cc1c(-c2ccc(O)cc2)c(=O)oc2ccc(O)c(F)c12. The molecule has 106 valence electrons. The number of halogens is 1. The van der Waals surface area contributed by atoms with Crippen LogP contribution in [-0.4, -0.2) is 10.2 Å². The second kappa shape index (κ2) is 4.63. The van der Waals surface area contributed by atoms with Crippen LogP contribution in [-0.2, 0) is 0 Å². The topological polar surface area (TPSA) is 70.7 Å². The maximum atomic E-state index is 14.1. The number of phenolic OH excluding ortho intramolecular Hbond substituents is 2. The molecule has 0 amide bonds. The van der Waals surface area contributed by atoms with Crippen molar-refractivity contribution in [1.29, 1.82) is 0 Å². The van der Waals surface area contributed by atoms with Gasteiger partial charge in [-0.05, 0) is 42.3 Å². The van der Waals surface area contributed by atoms with Crippen LogP contribution in [0.25, 0.3) is 22.1 Å². The van der Waals surface area contributed by atoms with Crippen LogP contribution in [0.1, 0.15) is 5.56 Å². The Hall–Kier alpha value is -2.82. The van der Waals surface area contributed by atoms with E-state index in [1.165, 1.54) is 18.2 Å². The molecule has 0 atom stereocenters. The predicted molar refractivity (Wildman–Crippen MR) is 75.9 cm³/mol. The molecule has 3 aromatic rings. The van der Waals surface area contributed by atoms with E-state index in [0.29, 0.717) is 11.1 Å². The highest BCUT2D eigenvalue weighted by molar-refractivity contribution is 5.88. The van der Waals surface area contributed by atoms with Gasteiger partial charge in [0.1, 0.15) is 11.3 Å². The van der Waals surface area contributed by atoms with Gasteiger partial charge < -0.3 is 14.6 Å². The van der Waals surface area contributed by atoms with Gasteiger partial charge in [0.2, 0.25) is 0 Å². The molecule has 5 heteroatoms. The average molecular weight is 286 g/mol. The van der Waals surface area contributed by atoms with Gasteiger partial charge in [0.15, 0.2) is 11.6 Å². The summed E-state index contributed by atoms with van der Waals surface area (Å²) in [6.45, 7) is 1.59. The molecule has 1 heterocycles. The third-order valence-electron chi connectivity index (χ3n) is 3.40. The Balaban J connectivity index is 2.41. The number of hydrogen-bond donors (Lipinski definition) is 2. The highest BCUT2D eigenvalue weighted by atomic mass is 19.1. The van der Waals surface area contributed by atoms with Crippen LogP contribution < -0.4 is 5.63 Å². The fourth-order valence-electron chi connectivity index (χ4n) is 2.37. The van der Waals surface area contributed by atoms with Gasteiger partial charge in [0.05, 0.1) is 10.9 Å². The smallest absolute Gasteiger partial charge is 0.344 e. The first-order valence-electron chi connectivity index (χ1n) is 6.23. The summed E-state index contributed by atoms with van der Waals surface area (Å²) in [6, 6.07) is 8.43. The first kappa shape index (κ1) is 13.2. The van der Waals surface area contributed by atoms with Gasteiger partial charge in [-0.3, -0.25) is 0 Å². The van der Waals surface area contributed by atoms with Crippen molar-refractivity contribution in [3.63, 3.8) is 0 Å². The first-order valence-corrected chi connectivity index (χ1v) is 6.23. The van der Waals surface area contributed by atoms with Crippen LogP contribution in [0.4, 0.5) is 4.39 Å². The minimum absolute atomic E-state index is 0.0606. The number of rotatable bonds is 1. The number of aryl methyl sites for hydroxylation is 1. The maximum absolute atomic E-state index is 14.1. The van der Waals surface area contributed by atoms with E-state index in [0.717, 1.165) is 6.07 Å². The van der Waals surface area contributed by atoms with Gasteiger partial charge >= 0.3 is 5.63 Å². The Bertz CT molecular complexity index is 895. The van der Waals surface area contributed by atoms with E-state index >= 15 is 0 Å². The minimum atomic E-state index is -0.825. The Morgan fingerprint density at radius 2 is 1.71 bits per heavy atom. The van der Waals surface area contributed by atoms with Crippen molar-refractivity contribution in [1.82, 2.24) is 0 Å². The van der Waals surface area contributed by atoms with Crippen molar-refractivity contribution in [2.24, 2.45) is 0 Å². The summed E-state index contributed by atoms with van der Waals surface area (Å²) < 4.78 is 19.2. The number of hydrogen-bond acceptors (Lipinski definition) is 4. The van der Waals surface area contributed by atoms with Crippen LogP contribution in [0.15, 0.2) is 45.6 Å². The van der Waals surface area contributed by atoms with Crippen molar-refractivity contribution in [2.75, 3.05) is 0 Å². The van der Waals surface area contributed by atoms with E-state index < -0.39 is 17.2 Å². The molecule has 0 aliphatic carbocycles. The zero-order valence-electron chi connectivity index (χ0n) is 11.1. The van der Waals surface area contributed by atoms with Gasteiger partial charge in [-0.1, -0.05) is 12.1 Å². The Labute approximate surface area is 118 Å². The van der Waals surface area contributed by atoms with E-state index in [1.807, 2.05) is 0 Å². The van der Waals surface area contributed by atoms with E-state index in [9.17, 15) is 19.4 Å². The van der Waals surface area contributed by atoms with Gasteiger partial charge in [0, 0.05) is 0 Å². The normalized spacial score (nSPS) is 11.0. The third-order valence-corrected chi connectivity index (χ3v) is 3.40. The lowest BCUT2D eigenvalue weighted by atomic mass is 9.99. The lowest BCUT2D eigenvalue weighted by Crippen LogP contribution is -2.06. The van der Waals surface area contributed by atoms with E-state index in [2.05, 4.69) is 0 Å². The second-order valence-corrected chi connectivity index (χ2v) is 4.71. The predicted octanol–water partition coefficient (Wildman–Crippen LogP) is 3.32. The number of phenols is 2. The van der Waals surface area contributed by atoms with Crippen molar-refractivity contribution < 1.29 is 19.0 Å². The Morgan fingerprint density at radius 1 is 1.05 bits per heavy atom. The van der Waals surface area contributed by atoms with Crippen LogP contribution >= 0.6 is 0 Å². The first-order chi connectivity index (χ1) is 9.99. The number of fused-ring (bicyclic) bond motifs is 1. The zero-order valence-corrected chi connectivity index (χ0v) is 11.1. The largest absolute Gasteiger partial charge is 0.508 e. The molecule has 1 aromatic heterocycles. The van der Waals surface area contributed by atoms with Crippen molar-refractivity contribution >= 4 is 11.0 Å². The molecule has 0 bridgehead atoms. The van der Waals surface area contributed by atoms with Crippen LogP contribution in [0.3, 0.4) is 0 Å². The average Bonchev–Trinajstić information content (AvgIpc) is 2.45. The fourth-order valence-corrected chi connectivity index (χ4v) is 2.37. The molecule has 3 rings (SSSR count). The second-order valence-electron chi connectivity index (χ2n) is 4.71. The van der Waals surface area contributed by atoms with Gasteiger partial charge in [-0.25, -0.2) is 9.18 Å². The molecule has 4 nitrogen and oxygen atoms in total. The molecule has 0 spiro atoms. The third kappa shape index (κ3) is 2.03. The molecule has 0 saturated heterocycles. The van der Waals surface area contributed by atoms with E-state index in [4.69, 9.17) is 4.42 Å². The highest BCUT2D eigenvalue weighted by Gasteiger charge is 2.18.